The largest absolute Gasteiger partial charge is 0.384 e. The smallest absolute Gasteiger partial charge is 0.0702 e. The van der Waals surface area contributed by atoms with Gasteiger partial charge >= 0.3 is 0 Å². The Hall–Kier alpha value is -1.06. The molecule has 1 aromatic rings. The number of piperidine rings is 1. The fourth-order valence-electron chi connectivity index (χ4n) is 3.59. The molecule has 0 radical (unpaired) electrons. The lowest BCUT2D eigenvalue weighted by atomic mass is 9.97. The first-order valence-corrected chi connectivity index (χ1v) is 8.53. The standard InChI is InChI=1S/C18H28N2O/c1-2-12-21-16-6-5-10-20(14-16)11-9-15-13-19-18-8-4-3-7-17(15)18/h3-4,7-8,15-16,19H,2,5-6,9-14H2,1H3. The number of fused-ring (bicyclic) bond motifs is 1. The predicted molar refractivity (Wildman–Crippen MR) is 88.0 cm³/mol. The predicted octanol–water partition coefficient (Wildman–Crippen LogP) is 3.48. The molecule has 1 N–H and O–H groups in total. The molecule has 0 bridgehead atoms. The van der Waals surface area contributed by atoms with E-state index in [0.717, 1.165) is 26.1 Å². The fraction of sp³-hybridized carbons (Fsp3) is 0.667. The molecule has 2 unspecified atom stereocenters. The Kier molecular flexibility index (Phi) is 5.15. The van der Waals surface area contributed by atoms with Crippen molar-refractivity contribution in [3.63, 3.8) is 0 Å². The van der Waals surface area contributed by atoms with Gasteiger partial charge in [0.2, 0.25) is 0 Å². The number of benzene rings is 1. The van der Waals surface area contributed by atoms with Crippen LogP contribution >= 0.6 is 0 Å². The van der Waals surface area contributed by atoms with Gasteiger partial charge in [0.25, 0.3) is 0 Å². The van der Waals surface area contributed by atoms with E-state index in [0.29, 0.717) is 12.0 Å². The summed E-state index contributed by atoms with van der Waals surface area (Å²) in [5.74, 6) is 0.679. The maximum absolute atomic E-state index is 5.94. The van der Waals surface area contributed by atoms with Crippen molar-refractivity contribution >= 4 is 5.69 Å². The lowest BCUT2D eigenvalue weighted by Crippen LogP contribution is -2.40. The van der Waals surface area contributed by atoms with Crippen molar-refractivity contribution in [1.82, 2.24) is 4.90 Å². The maximum Gasteiger partial charge on any atom is 0.0702 e. The van der Waals surface area contributed by atoms with E-state index in [2.05, 4.69) is 41.4 Å². The van der Waals surface area contributed by atoms with Gasteiger partial charge < -0.3 is 15.0 Å². The molecule has 0 saturated carbocycles. The number of likely N-dealkylation sites (tertiary alicyclic amines) is 1. The van der Waals surface area contributed by atoms with Gasteiger partial charge in [0.05, 0.1) is 6.10 Å². The van der Waals surface area contributed by atoms with E-state index in [9.17, 15) is 0 Å². The molecular weight excluding hydrogens is 260 g/mol. The van der Waals surface area contributed by atoms with Crippen molar-refractivity contribution in [3.05, 3.63) is 29.8 Å². The van der Waals surface area contributed by atoms with Gasteiger partial charge in [0.15, 0.2) is 0 Å². The Bertz CT molecular complexity index is 449. The van der Waals surface area contributed by atoms with E-state index in [4.69, 9.17) is 4.74 Å². The summed E-state index contributed by atoms with van der Waals surface area (Å²) in [5, 5.41) is 3.53. The Morgan fingerprint density at radius 2 is 2.24 bits per heavy atom. The van der Waals surface area contributed by atoms with E-state index in [-0.39, 0.29) is 0 Å². The Balaban J connectivity index is 1.47. The highest BCUT2D eigenvalue weighted by Gasteiger charge is 2.24. The zero-order valence-corrected chi connectivity index (χ0v) is 13.2. The van der Waals surface area contributed by atoms with Gasteiger partial charge in [-0.1, -0.05) is 25.1 Å². The molecule has 21 heavy (non-hydrogen) atoms. The van der Waals surface area contributed by atoms with Gasteiger partial charge in [-0.2, -0.15) is 0 Å². The third-order valence-electron chi connectivity index (χ3n) is 4.75. The van der Waals surface area contributed by atoms with Crippen LogP contribution in [0.5, 0.6) is 0 Å². The van der Waals surface area contributed by atoms with Crippen LogP contribution in [0.15, 0.2) is 24.3 Å². The molecule has 3 heteroatoms. The van der Waals surface area contributed by atoms with Crippen molar-refractivity contribution in [2.24, 2.45) is 0 Å². The van der Waals surface area contributed by atoms with Crippen LogP contribution in [0.1, 0.15) is 44.1 Å². The molecule has 2 aliphatic rings. The number of nitrogens with one attached hydrogen (secondary N) is 1. The van der Waals surface area contributed by atoms with Crippen molar-refractivity contribution in [3.8, 4) is 0 Å². The van der Waals surface area contributed by atoms with Crippen LogP contribution < -0.4 is 5.32 Å². The van der Waals surface area contributed by atoms with Crippen LogP contribution in [-0.4, -0.2) is 43.8 Å². The van der Waals surface area contributed by atoms with Crippen molar-refractivity contribution in [2.45, 2.75) is 44.6 Å². The van der Waals surface area contributed by atoms with Gasteiger partial charge in [-0.05, 0) is 50.4 Å². The minimum atomic E-state index is 0.465. The third-order valence-corrected chi connectivity index (χ3v) is 4.75. The van der Waals surface area contributed by atoms with E-state index in [1.165, 1.54) is 43.6 Å². The molecule has 3 nitrogen and oxygen atoms in total. The Morgan fingerprint density at radius 3 is 3.14 bits per heavy atom. The number of nitrogens with zero attached hydrogens (tertiary/aromatic N) is 1. The SMILES string of the molecule is CCCOC1CCCN(CCC2CNc3ccccc32)C1. The second-order valence-electron chi connectivity index (χ2n) is 6.39. The molecule has 0 spiro atoms. The number of hydrogen-bond acceptors (Lipinski definition) is 3. The minimum absolute atomic E-state index is 0.465. The molecule has 0 aliphatic carbocycles. The maximum atomic E-state index is 5.94. The monoisotopic (exact) mass is 288 g/mol. The summed E-state index contributed by atoms with van der Waals surface area (Å²) in [6.45, 7) is 7.77. The number of rotatable bonds is 6. The summed E-state index contributed by atoms with van der Waals surface area (Å²) in [6, 6.07) is 8.76. The highest BCUT2D eigenvalue weighted by Crippen LogP contribution is 2.33. The van der Waals surface area contributed by atoms with Crippen LogP contribution in [0.25, 0.3) is 0 Å². The van der Waals surface area contributed by atoms with Gasteiger partial charge in [-0.15, -0.1) is 0 Å². The molecule has 2 atom stereocenters. The zero-order chi connectivity index (χ0) is 14.5. The molecule has 116 valence electrons. The topological polar surface area (TPSA) is 24.5 Å². The summed E-state index contributed by atoms with van der Waals surface area (Å²) < 4.78 is 5.94. The molecule has 1 aromatic carbocycles. The summed E-state index contributed by atoms with van der Waals surface area (Å²) in [5.41, 5.74) is 2.85. The molecule has 1 saturated heterocycles. The van der Waals surface area contributed by atoms with Crippen molar-refractivity contribution in [2.75, 3.05) is 38.1 Å². The third kappa shape index (κ3) is 3.78. The van der Waals surface area contributed by atoms with E-state index in [1.807, 2.05) is 0 Å². The Labute approximate surface area is 128 Å². The van der Waals surface area contributed by atoms with Gasteiger partial charge in [-0.3, -0.25) is 0 Å². The lowest BCUT2D eigenvalue weighted by Gasteiger charge is -2.33. The van der Waals surface area contributed by atoms with Crippen LogP contribution in [0.2, 0.25) is 0 Å². The zero-order valence-electron chi connectivity index (χ0n) is 13.2. The summed E-state index contributed by atoms with van der Waals surface area (Å²) in [6.07, 6.45) is 5.37. The highest BCUT2D eigenvalue weighted by atomic mass is 16.5. The van der Waals surface area contributed by atoms with Crippen LogP contribution in [0.4, 0.5) is 5.69 Å². The normalized spacial score (nSPS) is 25.6. The minimum Gasteiger partial charge on any atom is -0.384 e. The first kappa shape index (κ1) is 14.9. The van der Waals surface area contributed by atoms with E-state index in [1.54, 1.807) is 0 Å². The van der Waals surface area contributed by atoms with Crippen molar-refractivity contribution in [1.29, 1.82) is 0 Å². The highest BCUT2D eigenvalue weighted by molar-refractivity contribution is 5.57. The molecule has 0 amide bonds. The summed E-state index contributed by atoms with van der Waals surface area (Å²) >= 11 is 0. The number of para-hydroxylation sites is 1. The molecule has 3 rings (SSSR count). The molecule has 1 fully saturated rings. The second-order valence-corrected chi connectivity index (χ2v) is 6.39. The average Bonchev–Trinajstić information content (AvgIpc) is 2.95. The summed E-state index contributed by atoms with van der Waals surface area (Å²) in [4.78, 5) is 2.60. The quantitative estimate of drug-likeness (QED) is 0.867. The van der Waals surface area contributed by atoms with Gasteiger partial charge in [0.1, 0.15) is 0 Å². The van der Waals surface area contributed by atoms with Gasteiger partial charge in [0, 0.05) is 31.3 Å². The van der Waals surface area contributed by atoms with E-state index < -0.39 is 0 Å². The molecule has 2 heterocycles. The summed E-state index contributed by atoms with van der Waals surface area (Å²) in [7, 11) is 0. The molecule has 2 aliphatic heterocycles. The molecular formula is C18H28N2O. The van der Waals surface area contributed by atoms with Gasteiger partial charge in [-0.25, -0.2) is 0 Å². The van der Waals surface area contributed by atoms with Crippen LogP contribution in [0, 0.1) is 0 Å². The van der Waals surface area contributed by atoms with Crippen molar-refractivity contribution < 1.29 is 4.74 Å². The van der Waals surface area contributed by atoms with E-state index >= 15 is 0 Å². The van der Waals surface area contributed by atoms with Crippen LogP contribution in [-0.2, 0) is 4.74 Å². The lowest BCUT2D eigenvalue weighted by molar-refractivity contribution is -0.000553. The Morgan fingerprint density at radius 1 is 1.33 bits per heavy atom. The molecule has 0 aromatic heterocycles. The number of anilines is 1. The first-order chi connectivity index (χ1) is 10.4. The first-order valence-electron chi connectivity index (χ1n) is 8.53. The number of ether oxygens (including phenoxy) is 1. The number of hydrogen-bond donors (Lipinski definition) is 1. The average molecular weight is 288 g/mol. The fourth-order valence-corrected chi connectivity index (χ4v) is 3.59. The second kappa shape index (κ2) is 7.28. The van der Waals surface area contributed by atoms with Crippen LogP contribution in [0.3, 0.4) is 0 Å².